The molecule has 3 aromatic rings. The fourth-order valence-corrected chi connectivity index (χ4v) is 5.33. The quantitative estimate of drug-likeness (QED) is 0.486. The van der Waals surface area contributed by atoms with Crippen LogP contribution in [0, 0.1) is 11.7 Å². The van der Waals surface area contributed by atoms with Gasteiger partial charge >= 0.3 is 6.18 Å². The van der Waals surface area contributed by atoms with Gasteiger partial charge in [-0.25, -0.2) is 4.39 Å². The minimum Gasteiger partial charge on any atom is -0.495 e. The highest BCUT2D eigenvalue weighted by Gasteiger charge is 2.43. The Bertz CT molecular complexity index is 1280. The van der Waals surface area contributed by atoms with Crippen LogP contribution in [0.1, 0.15) is 16.7 Å². The number of carbonyl (C=O) groups excluding carboxylic acids is 1. The number of fused-ring (bicyclic) bond motifs is 3. The number of carbonyl (C=O) groups is 1. The van der Waals surface area contributed by atoms with Gasteiger partial charge in [-0.15, -0.1) is 0 Å². The third-order valence-corrected chi connectivity index (χ3v) is 7.18. The third kappa shape index (κ3) is 5.08. The lowest BCUT2D eigenvalue weighted by Gasteiger charge is -2.49. The zero-order chi connectivity index (χ0) is 26.2. The molecule has 2 heterocycles. The van der Waals surface area contributed by atoms with E-state index in [1.807, 2.05) is 24.3 Å². The molecule has 0 aromatic heterocycles. The van der Waals surface area contributed by atoms with Gasteiger partial charge in [-0.3, -0.25) is 4.79 Å². The molecule has 1 saturated heterocycles. The molecule has 1 amide bonds. The molecule has 0 radical (unpaired) electrons. The van der Waals surface area contributed by atoms with E-state index in [9.17, 15) is 22.4 Å². The van der Waals surface area contributed by atoms with Crippen molar-refractivity contribution in [1.29, 1.82) is 0 Å². The average Bonchev–Trinajstić information content (AvgIpc) is 2.91. The Hall–Kier alpha value is -3.75. The maximum absolute atomic E-state index is 13.5. The molecular formula is C28H27F4N3O2. The Morgan fingerprint density at radius 2 is 1.78 bits per heavy atom. The topological polar surface area (TPSA) is 44.8 Å². The molecule has 0 aliphatic carbocycles. The highest BCUT2D eigenvalue weighted by molar-refractivity contribution is 5.82. The van der Waals surface area contributed by atoms with Crippen molar-refractivity contribution < 1.29 is 27.1 Å². The Kier molecular flexibility index (Phi) is 6.70. The summed E-state index contributed by atoms with van der Waals surface area (Å²) in [5.74, 6) is -0.466. The second-order valence-electron chi connectivity index (χ2n) is 9.37. The van der Waals surface area contributed by atoms with Gasteiger partial charge in [0.25, 0.3) is 0 Å². The maximum atomic E-state index is 13.5. The van der Waals surface area contributed by atoms with E-state index in [1.165, 1.54) is 24.3 Å². The van der Waals surface area contributed by atoms with Gasteiger partial charge in [0.05, 0.1) is 30.3 Å². The first-order valence-corrected chi connectivity index (χ1v) is 12.1. The number of benzene rings is 3. The number of nitrogens with one attached hydrogen (secondary N) is 1. The summed E-state index contributed by atoms with van der Waals surface area (Å²) in [5, 5.41) is 2.92. The van der Waals surface area contributed by atoms with Gasteiger partial charge < -0.3 is 19.9 Å². The van der Waals surface area contributed by atoms with Crippen molar-refractivity contribution in [3.05, 3.63) is 89.2 Å². The second-order valence-corrected chi connectivity index (χ2v) is 9.37. The van der Waals surface area contributed by atoms with Gasteiger partial charge in [0.15, 0.2) is 0 Å². The number of methoxy groups -OCH3 is 1. The number of nitrogens with zero attached hydrogens (tertiary/aromatic N) is 2. The first kappa shape index (κ1) is 24.9. The Morgan fingerprint density at radius 1 is 1.03 bits per heavy atom. The van der Waals surface area contributed by atoms with E-state index in [0.29, 0.717) is 25.2 Å². The molecule has 2 aliphatic rings. The minimum atomic E-state index is -4.46. The summed E-state index contributed by atoms with van der Waals surface area (Å²) < 4.78 is 59.2. The molecule has 0 saturated carbocycles. The Balaban J connectivity index is 1.45. The summed E-state index contributed by atoms with van der Waals surface area (Å²) in [6.45, 7) is 1.88. The number of alkyl halides is 3. The standard InChI is InChI=1S/C28H27F4N3O2/c1-37-26-5-3-2-4-24(26)34-12-13-35-23-11-8-20(28(30,31)32)14-19(23)15-22(25(35)17-34)27(36)33-16-18-6-9-21(29)10-7-18/h2-11,14,22,25H,12-13,15-17H2,1H3,(H,33,36)/t22-,25+/m1/s1. The van der Waals surface area contributed by atoms with Crippen molar-refractivity contribution in [1.82, 2.24) is 5.32 Å². The molecule has 5 nitrogen and oxygen atoms in total. The first-order chi connectivity index (χ1) is 17.7. The molecule has 2 atom stereocenters. The van der Waals surface area contributed by atoms with E-state index in [4.69, 9.17) is 4.74 Å². The van der Waals surface area contributed by atoms with Crippen molar-refractivity contribution >= 4 is 17.3 Å². The van der Waals surface area contributed by atoms with E-state index in [1.54, 1.807) is 19.2 Å². The largest absolute Gasteiger partial charge is 0.495 e. The van der Waals surface area contributed by atoms with Crippen LogP contribution >= 0.6 is 0 Å². The number of rotatable bonds is 5. The normalized spacial score (nSPS) is 19.2. The van der Waals surface area contributed by atoms with Crippen LogP contribution in [0.2, 0.25) is 0 Å². The van der Waals surface area contributed by atoms with Crippen LogP contribution in [0.15, 0.2) is 66.7 Å². The zero-order valence-electron chi connectivity index (χ0n) is 20.3. The maximum Gasteiger partial charge on any atom is 0.416 e. The van der Waals surface area contributed by atoms with Crippen molar-refractivity contribution in [3.8, 4) is 5.75 Å². The van der Waals surface area contributed by atoms with E-state index in [-0.39, 0.29) is 30.7 Å². The molecule has 1 N–H and O–H groups in total. The number of amides is 1. The van der Waals surface area contributed by atoms with Crippen LogP contribution < -0.4 is 19.9 Å². The molecule has 0 spiro atoms. The van der Waals surface area contributed by atoms with Crippen LogP contribution in [0.25, 0.3) is 0 Å². The van der Waals surface area contributed by atoms with Gasteiger partial charge in [-0.05, 0) is 60.0 Å². The molecule has 0 bridgehead atoms. The lowest BCUT2D eigenvalue weighted by molar-refractivity contribution is -0.137. The Labute approximate surface area is 212 Å². The van der Waals surface area contributed by atoms with E-state index < -0.39 is 17.7 Å². The molecule has 0 unspecified atom stereocenters. The molecule has 37 heavy (non-hydrogen) atoms. The summed E-state index contributed by atoms with van der Waals surface area (Å²) in [4.78, 5) is 17.7. The fraction of sp³-hybridized carbons (Fsp3) is 0.321. The highest BCUT2D eigenvalue weighted by atomic mass is 19.4. The van der Waals surface area contributed by atoms with Gasteiger partial charge in [0.1, 0.15) is 11.6 Å². The number of hydrogen-bond acceptors (Lipinski definition) is 4. The number of halogens is 4. The van der Waals surface area contributed by atoms with E-state index in [2.05, 4.69) is 15.1 Å². The van der Waals surface area contributed by atoms with Gasteiger partial charge in [0, 0.05) is 31.9 Å². The summed E-state index contributed by atoms with van der Waals surface area (Å²) in [7, 11) is 1.61. The number of piperazine rings is 1. The van der Waals surface area contributed by atoms with Crippen LogP contribution in [-0.4, -0.2) is 38.7 Å². The number of para-hydroxylation sites is 2. The molecule has 2 aliphatic heterocycles. The smallest absolute Gasteiger partial charge is 0.416 e. The van der Waals surface area contributed by atoms with Gasteiger partial charge in [-0.2, -0.15) is 13.2 Å². The predicted molar refractivity (Wildman–Crippen MR) is 133 cm³/mol. The van der Waals surface area contributed by atoms with Crippen LogP contribution in [0.5, 0.6) is 5.75 Å². The molecule has 3 aromatic carbocycles. The predicted octanol–water partition coefficient (Wildman–Crippen LogP) is 5.04. The van der Waals surface area contributed by atoms with Crippen molar-refractivity contribution in [2.75, 3.05) is 36.5 Å². The zero-order valence-corrected chi connectivity index (χ0v) is 20.3. The minimum absolute atomic E-state index is 0.190. The molecule has 5 rings (SSSR count). The summed E-state index contributed by atoms with van der Waals surface area (Å²) in [6, 6.07) is 17.0. The Morgan fingerprint density at radius 3 is 2.51 bits per heavy atom. The molecule has 9 heteroatoms. The molecule has 1 fully saturated rings. The van der Waals surface area contributed by atoms with Crippen molar-refractivity contribution in [2.24, 2.45) is 5.92 Å². The molecule has 194 valence electrons. The first-order valence-electron chi connectivity index (χ1n) is 12.1. The summed E-state index contributed by atoms with van der Waals surface area (Å²) in [6.07, 6.45) is -4.27. The summed E-state index contributed by atoms with van der Waals surface area (Å²) >= 11 is 0. The van der Waals surface area contributed by atoms with Crippen LogP contribution in [0.3, 0.4) is 0 Å². The lowest BCUT2D eigenvalue weighted by Crippen LogP contribution is -2.61. The number of hydrogen-bond donors (Lipinski definition) is 1. The monoisotopic (exact) mass is 513 g/mol. The van der Waals surface area contributed by atoms with Gasteiger partial charge in [-0.1, -0.05) is 24.3 Å². The SMILES string of the molecule is COc1ccccc1N1CCN2c3ccc(C(F)(F)F)cc3C[C@@H](C(=O)NCc3ccc(F)cc3)[C@@H]2C1. The summed E-state index contributed by atoms with van der Waals surface area (Å²) in [5.41, 5.74) is 2.18. The number of anilines is 2. The van der Waals surface area contributed by atoms with Crippen LogP contribution in [0.4, 0.5) is 28.9 Å². The molecular weight excluding hydrogens is 486 g/mol. The second kappa shape index (κ2) is 9.95. The van der Waals surface area contributed by atoms with Crippen molar-refractivity contribution in [2.45, 2.75) is 25.2 Å². The van der Waals surface area contributed by atoms with Crippen LogP contribution in [-0.2, 0) is 23.9 Å². The van der Waals surface area contributed by atoms with Gasteiger partial charge in [0.2, 0.25) is 5.91 Å². The van der Waals surface area contributed by atoms with Crippen molar-refractivity contribution in [3.63, 3.8) is 0 Å². The fourth-order valence-electron chi connectivity index (χ4n) is 5.33. The van der Waals surface area contributed by atoms with E-state index >= 15 is 0 Å². The number of ether oxygens (including phenoxy) is 1. The highest BCUT2D eigenvalue weighted by Crippen LogP contribution is 2.41. The lowest BCUT2D eigenvalue weighted by atomic mass is 9.82. The average molecular weight is 514 g/mol. The third-order valence-electron chi connectivity index (χ3n) is 7.18. The van der Waals surface area contributed by atoms with E-state index in [0.717, 1.165) is 28.8 Å².